The van der Waals surface area contributed by atoms with Crippen LogP contribution in [0.1, 0.15) is 29.5 Å². The maximum Gasteiger partial charge on any atom is 0.303 e. The summed E-state index contributed by atoms with van der Waals surface area (Å²) in [5, 5.41) is 11.7. The second-order valence-corrected chi connectivity index (χ2v) is 6.29. The summed E-state index contributed by atoms with van der Waals surface area (Å²) in [6.45, 7) is 0. The molecular formula is C20H21NO3. The largest absolute Gasteiger partial charge is 0.481 e. The molecule has 4 nitrogen and oxygen atoms in total. The average Bonchev–Trinajstić information content (AvgIpc) is 2.60. The van der Waals surface area contributed by atoms with Crippen molar-refractivity contribution in [1.82, 2.24) is 0 Å². The number of carboxylic acid groups (broad SMARTS) is 1. The second-order valence-electron chi connectivity index (χ2n) is 6.29. The predicted molar refractivity (Wildman–Crippen MR) is 93.0 cm³/mol. The fourth-order valence-corrected chi connectivity index (χ4v) is 3.17. The van der Waals surface area contributed by atoms with Gasteiger partial charge in [0, 0.05) is 18.0 Å². The zero-order valence-electron chi connectivity index (χ0n) is 13.5. The van der Waals surface area contributed by atoms with Gasteiger partial charge in [0.2, 0.25) is 5.91 Å². The maximum atomic E-state index is 12.5. The van der Waals surface area contributed by atoms with E-state index >= 15 is 0 Å². The third kappa shape index (κ3) is 4.02. The van der Waals surface area contributed by atoms with Crippen molar-refractivity contribution in [2.75, 3.05) is 5.32 Å². The Morgan fingerprint density at radius 1 is 1.04 bits per heavy atom. The first kappa shape index (κ1) is 16.2. The molecular weight excluding hydrogens is 302 g/mol. The Kier molecular flexibility index (Phi) is 4.94. The van der Waals surface area contributed by atoms with Crippen molar-refractivity contribution in [3.8, 4) is 0 Å². The smallest absolute Gasteiger partial charge is 0.303 e. The number of anilines is 1. The van der Waals surface area contributed by atoms with Gasteiger partial charge in [-0.2, -0.15) is 0 Å². The molecule has 0 aromatic heterocycles. The van der Waals surface area contributed by atoms with Gasteiger partial charge in [-0.15, -0.1) is 0 Å². The Hall–Kier alpha value is -2.62. The SMILES string of the molecule is O=C(O)CCc1ccc(NC(=O)C2CCc3ccccc3C2)cc1. The number of fused-ring (bicyclic) bond motifs is 1. The Morgan fingerprint density at radius 3 is 2.46 bits per heavy atom. The van der Waals surface area contributed by atoms with Crippen LogP contribution in [-0.4, -0.2) is 17.0 Å². The minimum absolute atomic E-state index is 0.00610. The maximum absolute atomic E-state index is 12.5. The number of hydrogen-bond acceptors (Lipinski definition) is 2. The van der Waals surface area contributed by atoms with Crippen LogP contribution in [0.25, 0.3) is 0 Å². The minimum Gasteiger partial charge on any atom is -0.481 e. The molecule has 2 N–H and O–H groups in total. The van der Waals surface area contributed by atoms with Crippen LogP contribution in [0.3, 0.4) is 0 Å². The van der Waals surface area contributed by atoms with Crippen molar-refractivity contribution >= 4 is 17.6 Å². The van der Waals surface area contributed by atoms with Crippen LogP contribution in [0.5, 0.6) is 0 Å². The normalized spacial score (nSPS) is 16.2. The van der Waals surface area contributed by atoms with Crippen LogP contribution in [0.15, 0.2) is 48.5 Å². The molecule has 1 atom stereocenters. The summed E-state index contributed by atoms with van der Waals surface area (Å²) < 4.78 is 0. The Morgan fingerprint density at radius 2 is 1.75 bits per heavy atom. The highest BCUT2D eigenvalue weighted by Gasteiger charge is 2.24. The van der Waals surface area contributed by atoms with Gasteiger partial charge >= 0.3 is 5.97 Å². The molecule has 0 fully saturated rings. The van der Waals surface area contributed by atoms with Gasteiger partial charge in [0.1, 0.15) is 0 Å². The summed E-state index contributed by atoms with van der Waals surface area (Å²) in [6.07, 6.45) is 3.23. The first-order valence-electron chi connectivity index (χ1n) is 8.30. The molecule has 24 heavy (non-hydrogen) atoms. The van der Waals surface area contributed by atoms with E-state index < -0.39 is 5.97 Å². The highest BCUT2D eigenvalue weighted by Crippen LogP contribution is 2.26. The van der Waals surface area contributed by atoms with E-state index in [1.54, 1.807) is 0 Å². The number of aliphatic carboxylic acids is 1. The van der Waals surface area contributed by atoms with Crippen LogP contribution >= 0.6 is 0 Å². The van der Waals surface area contributed by atoms with E-state index in [2.05, 4.69) is 17.4 Å². The minimum atomic E-state index is -0.801. The van der Waals surface area contributed by atoms with E-state index in [0.717, 1.165) is 30.5 Å². The molecule has 1 amide bonds. The number of benzene rings is 2. The number of carboxylic acids is 1. The number of hydrogen-bond donors (Lipinski definition) is 2. The molecule has 2 aromatic rings. The number of aryl methyl sites for hydroxylation is 2. The van der Waals surface area contributed by atoms with Crippen molar-refractivity contribution in [2.45, 2.75) is 32.1 Å². The summed E-state index contributed by atoms with van der Waals surface area (Å²) in [4.78, 5) is 23.1. The molecule has 1 aliphatic carbocycles. The summed E-state index contributed by atoms with van der Waals surface area (Å²) in [7, 11) is 0. The van der Waals surface area contributed by atoms with E-state index in [9.17, 15) is 9.59 Å². The molecule has 0 heterocycles. The molecule has 0 radical (unpaired) electrons. The third-order valence-electron chi connectivity index (χ3n) is 4.57. The molecule has 2 aromatic carbocycles. The standard InChI is InChI=1S/C20H21NO3/c22-19(23)12-7-14-5-10-18(11-6-14)21-20(24)17-9-8-15-3-1-2-4-16(15)13-17/h1-6,10-11,17H,7-9,12-13H2,(H,21,24)(H,22,23). The molecule has 4 heteroatoms. The highest BCUT2D eigenvalue weighted by molar-refractivity contribution is 5.92. The van der Waals surface area contributed by atoms with Crippen LogP contribution in [0.2, 0.25) is 0 Å². The van der Waals surface area contributed by atoms with Gasteiger partial charge in [-0.1, -0.05) is 36.4 Å². The molecule has 3 rings (SSSR count). The molecule has 1 unspecified atom stereocenters. The molecule has 0 spiro atoms. The quantitative estimate of drug-likeness (QED) is 0.885. The highest BCUT2D eigenvalue weighted by atomic mass is 16.4. The van der Waals surface area contributed by atoms with E-state index in [-0.39, 0.29) is 18.2 Å². The zero-order chi connectivity index (χ0) is 16.9. The van der Waals surface area contributed by atoms with Crippen molar-refractivity contribution in [3.63, 3.8) is 0 Å². The number of rotatable bonds is 5. The Bertz CT molecular complexity index is 737. The lowest BCUT2D eigenvalue weighted by molar-refractivity contribution is -0.137. The first-order valence-corrected chi connectivity index (χ1v) is 8.30. The summed E-state index contributed by atoms with van der Waals surface area (Å²) in [5.41, 5.74) is 4.34. The van der Waals surface area contributed by atoms with E-state index in [4.69, 9.17) is 5.11 Å². The van der Waals surface area contributed by atoms with Crippen molar-refractivity contribution < 1.29 is 14.7 Å². The molecule has 124 valence electrons. The predicted octanol–water partition coefficient (Wildman–Crippen LogP) is 3.45. The number of carbonyl (C=O) groups excluding carboxylic acids is 1. The molecule has 0 saturated heterocycles. The van der Waals surface area contributed by atoms with E-state index in [1.165, 1.54) is 11.1 Å². The lowest BCUT2D eigenvalue weighted by atomic mass is 9.83. The Balaban J connectivity index is 1.58. The van der Waals surface area contributed by atoms with Gasteiger partial charge in [0.05, 0.1) is 0 Å². The van der Waals surface area contributed by atoms with Crippen molar-refractivity contribution in [3.05, 3.63) is 65.2 Å². The summed E-state index contributed by atoms with van der Waals surface area (Å²) >= 11 is 0. The van der Waals surface area contributed by atoms with Gasteiger partial charge in [0.25, 0.3) is 0 Å². The zero-order valence-corrected chi connectivity index (χ0v) is 13.5. The summed E-state index contributed by atoms with van der Waals surface area (Å²) in [6, 6.07) is 15.7. The van der Waals surface area contributed by atoms with Gasteiger partial charge in [-0.05, 0) is 54.5 Å². The average molecular weight is 323 g/mol. The van der Waals surface area contributed by atoms with Crippen LogP contribution in [0, 0.1) is 5.92 Å². The molecule has 0 bridgehead atoms. The van der Waals surface area contributed by atoms with Crippen LogP contribution in [0.4, 0.5) is 5.69 Å². The summed E-state index contributed by atoms with van der Waals surface area (Å²) in [5.74, 6) is -0.737. The lowest BCUT2D eigenvalue weighted by Gasteiger charge is -2.23. The van der Waals surface area contributed by atoms with Crippen LogP contribution < -0.4 is 5.32 Å². The topological polar surface area (TPSA) is 66.4 Å². The Labute approximate surface area is 141 Å². The number of amides is 1. The molecule has 0 aliphatic heterocycles. The second kappa shape index (κ2) is 7.30. The van der Waals surface area contributed by atoms with E-state index in [1.807, 2.05) is 36.4 Å². The monoisotopic (exact) mass is 323 g/mol. The van der Waals surface area contributed by atoms with Gasteiger partial charge in [-0.25, -0.2) is 0 Å². The lowest BCUT2D eigenvalue weighted by Crippen LogP contribution is -2.28. The third-order valence-corrected chi connectivity index (χ3v) is 4.57. The van der Waals surface area contributed by atoms with Gasteiger partial charge in [0.15, 0.2) is 0 Å². The molecule has 0 saturated carbocycles. The van der Waals surface area contributed by atoms with Gasteiger partial charge in [-0.3, -0.25) is 9.59 Å². The first-order chi connectivity index (χ1) is 11.6. The van der Waals surface area contributed by atoms with Crippen molar-refractivity contribution in [2.24, 2.45) is 5.92 Å². The van der Waals surface area contributed by atoms with Gasteiger partial charge < -0.3 is 10.4 Å². The van der Waals surface area contributed by atoms with Crippen LogP contribution in [-0.2, 0) is 28.9 Å². The number of nitrogens with one attached hydrogen (secondary N) is 1. The van der Waals surface area contributed by atoms with E-state index in [0.29, 0.717) is 6.42 Å². The number of carbonyl (C=O) groups is 2. The fourth-order valence-electron chi connectivity index (χ4n) is 3.17. The fraction of sp³-hybridized carbons (Fsp3) is 0.300. The van der Waals surface area contributed by atoms with Crippen molar-refractivity contribution in [1.29, 1.82) is 0 Å². The molecule has 1 aliphatic rings.